The second kappa shape index (κ2) is 9.84. The number of hydrogen-bond donors (Lipinski definition) is 1. The lowest BCUT2D eigenvalue weighted by atomic mass is 10.1. The van der Waals surface area contributed by atoms with Gasteiger partial charge in [0.05, 0.1) is 12.3 Å². The van der Waals surface area contributed by atoms with Crippen molar-refractivity contribution in [3.63, 3.8) is 0 Å². The number of rotatable bonds is 7. The first kappa shape index (κ1) is 21.2. The molecule has 1 amide bonds. The summed E-state index contributed by atoms with van der Waals surface area (Å²) in [5, 5.41) is 3.02. The normalized spacial score (nSPS) is 12.3. The van der Waals surface area contributed by atoms with E-state index in [1.807, 2.05) is 49.4 Å². The number of carbonyl (C=O) groups excluding carboxylic acids is 1. The molecular formula is C26H26N2O2S. The Bertz CT molecular complexity index is 1120. The SMILES string of the molecule is CCCC1=Nc2cc(C(=O)NCc3ccccc3OCC)ccc2Sc2ccccc21. The van der Waals surface area contributed by atoms with Crippen LogP contribution in [0.1, 0.15) is 48.2 Å². The number of nitrogens with zero attached hydrogens (tertiary/aromatic N) is 1. The van der Waals surface area contributed by atoms with Crippen molar-refractivity contribution < 1.29 is 9.53 Å². The van der Waals surface area contributed by atoms with Gasteiger partial charge < -0.3 is 10.1 Å². The summed E-state index contributed by atoms with van der Waals surface area (Å²) in [6.45, 7) is 5.12. The zero-order valence-corrected chi connectivity index (χ0v) is 18.7. The van der Waals surface area contributed by atoms with E-state index in [0.717, 1.165) is 40.4 Å². The summed E-state index contributed by atoms with van der Waals surface area (Å²) in [4.78, 5) is 20.1. The largest absolute Gasteiger partial charge is 0.494 e. The molecule has 3 aromatic carbocycles. The maximum Gasteiger partial charge on any atom is 0.251 e. The van der Waals surface area contributed by atoms with Crippen molar-refractivity contribution in [2.75, 3.05) is 6.61 Å². The molecule has 0 fully saturated rings. The Hall–Kier alpha value is -3.05. The maximum atomic E-state index is 12.9. The standard InChI is InChI=1S/C26H26N2O2S/c1-3-9-21-20-11-6-8-13-24(20)31-25-15-14-18(16-22(25)28-21)26(29)27-17-19-10-5-7-12-23(19)30-4-2/h5-8,10-16H,3-4,9,17H2,1-2H3,(H,27,29). The van der Waals surface area contributed by atoms with Crippen LogP contribution in [0.2, 0.25) is 0 Å². The third-order valence-corrected chi connectivity index (χ3v) is 6.23. The van der Waals surface area contributed by atoms with Crippen molar-refractivity contribution >= 4 is 29.1 Å². The van der Waals surface area contributed by atoms with Crippen molar-refractivity contribution in [2.45, 2.75) is 43.0 Å². The molecule has 0 spiro atoms. The number of ether oxygens (including phenoxy) is 1. The minimum absolute atomic E-state index is 0.117. The lowest BCUT2D eigenvalue weighted by molar-refractivity contribution is 0.0950. The molecule has 0 aliphatic carbocycles. The highest BCUT2D eigenvalue weighted by atomic mass is 32.2. The van der Waals surface area contributed by atoms with Gasteiger partial charge in [-0.3, -0.25) is 9.79 Å². The smallest absolute Gasteiger partial charge is 0.251 e. The fourth-order valence-corrected chi connectivity index (χ4v) is 4.63. The molecule has 1 aliphatic heterocycles. The van der Waals surface area contributed by atoms with Gasteiger partial charge in [0.2, 0.25) is 0 Å². The molecule has 1 heterocycles. The lowest BCUT2D eigenvalue weighted by Crippen LogP contribution is -2.23. The first-order valence-electron chi connectivity index (χ1n) is 10.7. The van der Waals surface area contributed by atoms with Gasteiger partial charge >= 0.3 is 0 Å². The quantitative estimate of drug-likeness (QED) is 0.472. The zero-order chi connectivity index (χ0) is 21.6. The summed E-state index contributed by atoms with van der Waals surface area (Å²) in [6.07, 6.45) is 1.92. The molecule has 0 saturated heterocycles. The second-order valence-electron chi connectivity index (χ2n) is 7.31. The molecule has 0 radical (unpaired) electrons. The van der Waals surface area contributed by atoms with Crippen molar-refractivity contribution in [2.24, 2.45) is 4.99 Å². The highest BCUT2D eigenvalue weighted by Gasteiger charge is 2.18. The van der Waals surface area contributed by atoms with Gasteiger partial charge in [0.25, 0.3) is 5.91 Å². The van der Waals surface area contributed by atoms with Crippen LogP contribution in [0.3, 0.4) is 0 Å². The molecule has 0 aromatic heterocycles. The van der Waals surface area contributed by atoms with Gasteiger partial charge in [0, 0.05) is 38.7 Å². The number of fused-ring (bicyclic) bond motifs is 2. The Morgan fingerprint density at radius 3 is 2.65 bits per heavy atom. The summed E-state index contributed by atoms with van der Waals surface area (Å²) < 4.78 is 5.66. The van der Waals surface area contributed by atoms with E-state index in [4.69, 9.17) is 9.73 Å². The average Bonchev–Trinajstić information content (AvgIpc) is 2.95. The van der Waals surface area contributed by atoms with Crippen LogP contribution < -0.4 is 10.1 Å². The zero-order valence-electron chi connectivity index (χ0n) is 17.9. The van der Waals surface area contributed by atoms with E-state index in [2.05, 4.69) is 36.5 Å². The number of aliphatic imine (C=N–C) groups is 1. The van der Waals surface area contributed by atoms with E-state index in [1.165, 1.54) is 10.5 Å². The van der Waals surface area contributed by atoms with Crippen LogP contribution in [0, 0.1) is 0 Å². The van der Waals surface area contributed by atoms with Crippen LogP contribution in [0.15, 0.2) is 81.5 Å². The van der Waals surface area contributed by atoms with E-state index in [9.17, 15) is 4.79 Å². The van der Waals surface area contributed by atoms with Crippen LogP contribution in [-0.4, -0.2) is 18.2 Å². The van der Waals surface area contributed by atoms with Gasteiger partial charge in [-0.2, -0.15) is 0 Å². The fourth-order valence-electron chi connectivity index (χ4n) is 3.60. The molecule has 31 heavy (non-hydrogen) atoms. The Morgan fingerprint density at radius 1 is 1.00 bits per heavy atom. The minimum Gasteiger partial charge on any atom is -0.494 e. The fraction of sp³-hybridized carbons (Fsp3) is 0.231. The van der Waals surface area contributed by atoms with Gasteiger partial charge in [-0.25, -0.2) is 0 Å². The predicted octanol–water partition coefficient (Wildman–Crippen LogP) is 6.40. The third-order valence-electron chi connectivity index (χ3n) is 5.09. The predicted molar refractivity (Wildman–Crippen MR) is 127 cm³/mol. The summed E-state index contributed by atoms with van der Waals surface area (Å²) in [6, 6.07) is 21.9. The van der Waals surface area contributed by atoms with Crippen molar-refractivity contribution in [3.05, 3.63) is 83.4 Å². The molecule has 4 rings (SSSR count). The molecule has 5 heteroatoms. The van der Waals surface area contributed by atoms with Gasteiger partial charge in [0.15, 0.2) is 0 Å². The number of benzene rings is 3. The van der Waals surface area contributed by atoms with E-state index in [-0.39, 0.29) is 5.91 Å². The van der Waals surface area contributed by atoms with Crippen LogP contribution in [0.5, 0.6) is 5.75 Å². The third kappa shape index (κ3) is 4.83. The Morgan fingerprint density at radius 2 is 1.81 bits per heavy atom. The first-order chi connectivity index (χ1) is 15.2. The average molecular weight is 431 g/mol. The minimum atomic E-state index is -0.117. The van der Waals surface area contributed by atoms with Gasteiger partial charge in [-0.1, -0.05) is 61.5 Å². The molecule has 0 atom stereocenters. The number of hydrogen-bond acceptors (Lipinski definition) is 4. The molecule has 3 aromatic rings. The number of amides is 1. The number of carbonyl (C=O) groups is 1. The highest BCUT2D eigenvalue weighted by molar-refractivity contribution is 7.99. The molecule has 4 nitrogen and oxygen atoms in total. The van der Waals surface area contributed by atoms with Crippen LogP contribution >= 0.6 is 11.8 Å². The summed E-state index contributed by atoms with van der Waals surface area (Å²) in [5.74, 6) is 0.684. The monoisotopic (exact) mass is 430 g/mol. The summed E-state index contributed by atoms with van der Waals surface area (Å²) >= 11 is 1.71. The van der Waals surface area contributed by atoms with E-state index in [0.29, 0.717) is 18.7 Å². The van der Waals surface area contributed by atoms with Crippen molar-refractivity contribution in [1.29, 1.82) is 0 Å². The topological polar surface area (TPSA) is 50.7 Å². The van der Waals surface area contributed by atoms with Crippen molar-refractivity contribution in [3.8, 4) is 5.75 Å². The molecule has 0 bridgehead atoms. The molecule has 1 aliphatic rings. The van der Waals surface area contributed by atoms with Gasteiger partial charge in [-0.05, 0) is 43.7 Å². The highest BCUT2D eigenvalue weighted by Crippen LogP contribution is 2.41. The lowest BCUT2D eigenvalue weighted by Gasteiger charge is -2.11. The number of para-hydroxylation sites is 1. The Kier molecular flexibility index (Phi) is 6.73. The van der Waals surface area contributed by atoms with Gasteiger partial charge in [-0.15, -0.1) is 0 Å². The summed E-state index contributed by atoms with van der Waals surface area (Å²) in [7, 11) is 0. The van der Waals surface area contributed by atoms with Crippen LogP contribution in [0.4, 0.5) is 5.69 Å². The first-order valence-corrected chi connectivity index (χ1v) is 11.5. The van der Waals surface area contributed by atoms with Gasteiger partial charge in [0.1, 0.15) is 5.75 Å². The molecule has 0 saturated carbocycles. The molecule has 158 valence electrons. The summed E-state index contributed by atoms with van der Waals surface area (Å²) in [5.41, 5.74) is 4.68. The Balaban J connectivity index is 1.58. The molecule has 0 unspecified atom stereocenters. The molecular weight excluding hydrogens is 404 g/mol. The van der Waals surface area contributed by atoms with Crippen molar-refractivity contribution in [1.82, 2.24) is 5.32 Å². The van der Waals surface area contributed by atoms with E-state index in [1.54, 1.807) is 11.8 Å². The van der Waals surface area contributed by atoms with Crippen LogP contribution in [-0.2, 0) is 6.54 Å². The maximum absolute atomic E-state index is 12.9. The van der Waals surface area contributed by atoms with E-state index < -0.39 is 0 Å². The van der Waals surface area contributed by atoms with E-state index >= 15 is 0 Å². The van der Waals surface area contributed by atoms with Crippen LogP contribution in [0.25, 0.3) is 0 Å². The molecule has 1 N–H and O–H groups in total. The second-order valence-corrected chi connectivity index (χ2v) is 8.40. The Labute approximate surface area is 187 Å². The number of nitrogens with one attached hydrogen (secondary N) is 1.